The van der Waals surface area contributed by atoms with Crippen molar-refractivity contribution in [3.05, 3.63) is 102 Å². The summed E-state index contributed by atoms with van der Waals surface area (Å²) < 4.78 is 7.47. The van der Waals surface area contributed by atoms with E-state index in [0.717, 1.165) is 20.9 Å². The summed E-state index contributed by atoms with van der Waals surface area (Å²) in [5.41, 5.74) is 1.58. The minimum absolute atomic E-state index is 0.0611. The summed E-state index contributed by atoms with van der Waals surface area (Å²) in [5, 5.41) is 4.54. The number of hydrogen-bond acceptors (Lipinski definition) is 5. The Bertz CT molecular complexity index is 1690. The van der Waals surface area contributed by atoms with Gasteiger partial charge < -0.3 is 14.6 Å². The molecule has 0 radical (unpaired) electrons. The van der Waals surface area contributed by atoms with Gasteiger partial charge in [0.1, 0.15) is 6.04 Å². The van der Waals surface area contributed by atoms with Crippen LogP contribution in [0.3, 0.4) is 0 Å². The number of amides is 1. The van der Waals surface area contributed by atoms with Crippen LogP contribution in [0.25, 0.3) is 21.9 Å². The Kier molecular flexibility index (Phi) is 7.76. The van der Waals surface area contributed by atoms with E-state index < -0.39 is 29.2 Å². The molecule has 0 spiro atoms. The van der Waals surface area contributed by atoms with Crippen molar-refractivity contribution in [3.8, 4) is 11.1 Å². The molecule has 1 aromatic heterocycles. The van der Waals surface area contributed by atoms with Gasteiger partial charge in [-0.3, -0.25) is 14.2 Å². The number of carbonyl (C=O) groups is 2. The average Bonchev–Trinajstić information content (AvgIpc) is 2.91. The largest absolute Gasteiger partial charge is 0.467 e. The van der Waals surface area contributed by atoms with E-state index >= 15 is 0 Å². The number of rotatable bonds is 6. The van der Waals surface area contributed by atoms with E-state index in [1.165, 1.54) is 30.9 Å². The van der Waals surface area contributed by atoms with E-state index in [0.29, 0.717) is 16.8 Å². The van der Waals surface area contributed by atoms with Crippen LogP contribution in [0.1, 0.15) is 21.6 Å². The van der Waals surface area contributed by atoms with Crippen LogP contribution in [0, 0.1) is 6.92 Å². The highest BCUT2D eigenvalue weighted by molar-refractivity contribution is 6.39. The van der Waals surface area contributed by atoms with Crippen molar-refractivity contribution in [1.82, 2.24) is 14.5 Å². The summed E-state index contributed by atoms with van der Waals surface area (Å²) in [6.07, 6.45) is 0.103. The first kappa shape index (κ1) is 27.2. The van der Waals surface area contributed by atoms with Crippen molar-refractivity contribution in [1.29, 1.82) is 0 Å². The van der Waals surface area contributed by atoms with E-state index in [9.17, 15) is 19.2 Å². The van der Waals surface area contributed by atoms with Crippen molar-refractivity contribution in [2.75, 3.05) is 7.11 Å². The van der Waals surface area contributed by atoms with Gasteiger partial charge in [-0.2, -0.15) is 0 Å². The van der Waals surface area contributed by atoms with E-state index in [1.54, 1.807) is 32.2 Å². The maximum Gasteiger partial charge on any atom is 0.330 e. The summed E-state index contributed by atoms with van der Waals surface area (Å²) in [6.45, 7) is 1.73. The quantitative estimate of drug-likeness (QED) is 0.363. The monoisotopic (exact) mass is 553 g/mol. The second kappa shape index (κ2) is 10.8. The topological polar surface area (TPSA) is 99.4 Å². The fraction of sp³-hybridized carbons (Fsp3) is 0.214. The first-order valence-electron chi connectivity index (χ1n) is 11.7. The number of fused-ring (bicyclic) bond motifs is 1. The lowest BCUT2D eigenvalue weighted by atomic mass is 9.92. The van der Waals surface area contributed by atoms with Gasteiger partial charge >= 0.3 is 11.7 Å². The summed E-state index contributed by atoms with van der Waals surface area (Å²) in [7, 11) is 4.30. The van der Waals surface area contributed by atoms with Crippen LogP contribution in [-0.2, 0) is 30.0 Å². The van der Waals surface area contributed by atoms with Gasteiger partial charge in [-0.15, -0.1) is 0 Å². The molecule has 10 heteroatoms. The molecular weight excluding hydrogens is 529 g/mol. The van der Waals surface area contributed by atoms with Gasteiger partial charge in [-0.25, -0.2) is 9.59 Å². The van der Waals surface area contributed by atoms with Gasteiger partial charge in [0.25, 0.3) is 11.5 Å². The van der Waals surface area contributed by atoms with Crippen molar-refractivity contribution in [2.45, 2.75) is 19.4 Å². The van der Waals surface area contributed by atoms with E-state index in [2.05, 4.69) is 5.32 Å². The second-order valence-electron chi connectivity index (χ2n) is 8.83. The number of ether oxygens (including phenoxy) is 1. The Labute approximate surface area is 228 Å². The molecule has 196 valence electrons. The van der Waals surface area contributed by atoms with Gasteiger partial charge in [0.05, 0.1) is 28.3 Å². The summed E-state index contributed by atoms with van der Waals surface area (Å²) in [6, 6.07) is 14.7. The zero-order chi connectivity index (χ0) is 27.7. The summed E-state index contributed by atoms with van der Waals surface area (Å²) in [4.78, 5) is 51.2. The van der Waals surface area contributed by atoms with Crippen LogP contribution in [0.5, 0.6) is 0 Å². The lowest BCUT2D eigenvalue weighted by molar-refractivity contribution is -0.142. The first-order chi connectivity index (χ1) is 18.1. The van der Waals surface area contributed by atoms with Gasteiger partial charge in [0.2, 0.25) is 0 Å². The standard InChI is InChI=1S/C28H25Cl2N3O5/c1-15-23(26(35)33(3)28(37)32(15)2)19-13-12-16(17-8-5-6-9-18(17)19)14-22(27(36)38-4)31-25(34)24-20(29)10-7-11-21(24)30/h5-13,22H,14H2,1-4H3,(H,31,34)/t22-/m0/s1. The Balaban J connectivity index is 1.80. The van der Waals surface area contributed by atoms with Crippen molar-refractivity contribution in [3.63, 3.8) is 0 Å². The van der Waals surface area contributed by atoms with Crippen molar-refractivity contribution < 1.29 is 14.3 Å². The van der Waals surface area contributed by atoms with Crippen LogP contribution in [0.4, 0.5) is 0 Å². The number of hydrogen-bond donors (Lipinski definition) is 1. The molecule has 1 heterocycles. The molecule has 0 aliphatic heterocycles. The summed E-state index contributed by atoms with van der Waals surface area (Å²) in [5.74, 6) is -1.25. The van der Waals surface area contributed by atoms with Gasteiger partial charge in [-0.1, -0.05) is 65.7 Å². The molecule has 4 rings (SSSR count). The molecule has 3 aromatic carbocycles. The molecule has 0 aliphatic carbocycles. The number of nitrogens with one attached hydrogen (secondary N) is 1. The fourth-order valence-corrected chi connectivity index (χ4v) is 5.08. The molecule has 0 aliphatic rings. The minimum atomic E-state index is -1.04. The Morgan fingerprint density at radius 2 is 1.55 bits per heavy atom. The fourth-order valence-electron chi connectivity index (χ4n) is 4.51. The average molecular weight is 554 g/mol. The molecule has 0 saturated heterocycles. The van der Waals surface area contributed by atoms with Crippen LogP contribution in [0.2, 0.25) is 10.0 Å². The lowest BCUT2D eigenvalue weighted by Crippen LogP contribution is -2.43. The number of nitrogens with zero attached hydrogens (tertiary/aromatic N) is 2. The highest BCUT2D eigenvalue weighted by Crippen LogP contribution is 2.31. The number of esters is 1. The van der Waals surface area contributed by atoms with E-state index in [-0.39, 0.29) is 22.0 Å². The first-order valence-corrected chi connectivity index (χ1v) is 12.4. The third-order valence-electron chi connectivity index (χ3n) is 6.65. The van der Waals surface area contributed by atoms with Crippen LogP contribution >= 0.6 is 23.2 Å². The van der Waals surface area contributed by atoms with Gasteiger partial charge in [-0.05, 0) is 41.0 Å². The third kappa shape index (κ3) is 4.85. The molecule has 0 fully saturated rings. The molecule has 1 N–H and O–H groups in total. The number of methoxy groups -OCH3 is 1. The smallest absolute Gasteiger partial charge is 0.330 e. The van der Waals surface area contributed by atoms with Crippen LogP contribution in [-0.4, -0.2) is 34.2 Å². The predicted octanol–water partition coefficient (Wildman–Crippen LogP) is 4.03. The third-order valence-corrected chi connectivity index (χ3v) is 7.28. The van der Waals surface area contributed by atoms with Gasteiger partial charge in [0.15, 0.2) is 0 Å². The molecule has 0 unspecified atom stereocenters. The zero-order valence-corrected chi connectivity index (χ0v) is 22.7. The normalized spacial score (nSPS) is 11.8. The lowest BCUT2D eigenvalue weighted by Gasteiger charge is -2.20. The van der Waals surface area contributed by atoms with Crippen LogP contribution < -0.4 is 16.6 Å². The summed E-state index contributed by atoms with van der Waals surface area (Å²) >= 11 is 12.4. The Hall–Kier alpha value is -3.88. The molecule has 1 atom stereocenters. The van der Waals surface area contributed by atoms with Crippen molar-refractivity contribution >= 4 is 45.9 Å². The molecule has 0 saturated carbocycles. The SMILES string of the molecule is COC(=O)[C@H](Cc1ccc(-c2c(C)n(C)c(=O)n(C)c2=O)c2ccccc12)NC(=O)c1c(Cl)cccc1Cl. The van der Waals surface area contributed by atoms with Crippen LogP contribution in [0.15, 0.2) is 64.2 Å². The molecule has 8 nitrogen and oxygen atoms in total. The number of benzene rings is 3. The second-order valence-corrected chi connectivity index (χ2v) is 9.65. The maximum atomic E-state index is 13.1. The predicted molar refractivity (Wildman–Crippen MR) is 148 cm³/mol. The van der Waals surface area contributed by atoms with Crippen molar-refractivity contribution in [2.24, 2.45) is 14.1 Å². The van der Waals surface area contributed by atoms with E-state index in [4.69, 9.17) is 27.9 Å². The highest BCUT2D eigenvalue weighted by atomic mass is 35.5. The van der Waals surface area contributed by atoms with Gasteiger partial charge in [0, 0.05) is 26.2 Å². The minimum Gasteiger partial charge on any atom is -0.467 e. The molecule has 38 heavy (non-hydrogen) atoms. The number of carbonyl (C=O) groups excluding carboxylic acids is 2. The van der Waals surface area contributed by atoms with E-state index in [1.807, 2.05) is 24.3 Å². The Morgan fingerprint density at radius 3 is 2.18 bits per heavy atom. The highest BCUT2D eigenvalue weighted by Gasteiger charge is 2.26. The number of aromatic nitrogens is 2. The maximum absolute atomic E-state index is 13.1. The Morgan fingerprint density at radius 1 is 0.921 bits per heavy atom. The molecule has 0 bridgehead atoms. The number of halogens is 2. The molecular formula is C28H25Cl2N3O5. The molecule has 4 aromatic rings. The molecule has 1 amide bonds. The zero-order valence-electron chi connectivity index (χ0n) is 21.2.